The van der Waals surface area contributed by atoms with E-state index in [1.165, 1.54) is 7.11 Å². The fourth-order valence-electron chi connectivity index (χ4n) is 1.81. The van der Waals surface area contributed by atoms with Crippen molar-refractivity contribution in [2.24, 2.45) is 0 Å². The van der Waals surface area contributed by atoms with Crippen LogP contribution in [0.15, 0.2) is 24.3 Å². The molecule has 0 spiro atoms. The molecule has 0 aliphatic heterocycles. The highest BCUT2D eigenvalue weighted by Crippen LogP contribution is 2.18. The molecular weight excluding hydrogens is 310 g/mol. The Bertz CT molecular complexity index is 623. The quantitative estimate of drug-likeness (QED) is 0.729. The van der Waals surface area contributed by atoms with Crippen molar-refractivity contribution in [3.8, 4) is 5.75 Å². The van der Waals surface area contributed by atoms with Gasteiger partial charge in [-0.05, 0) is 24.1 Å². The van der Waals surface area contributed by atoms with E-state index in [-0.39, 0.29) is 18.6 Å². The minimum atomic E-state index is -3.13. The van der Waals surface area contributed by atoms with E-state index in [2.05, 4.69) is 5.32 Å². The number of rotatable bonds is 8. The second-order valence-electron chi connectivity index (χ2n) is 4.85. The second kappa shape index (κ2) is 7.79. The summed E-state index contributed by atoms with van der Waals surface area (Å²) in [5.74, 6) is -1.23. The van der Waals surface area contributed by atoms with E-state index in [9.17, 15) is 23.1 Å². The molecule has 0 bridgehead atoms. The first-order chi connectivity index (χ1) is 10.2. The van der Waals surface area contributed by atoms with Crippen molar-refractivity contribution in [3.05, 3.63) is 29.8 Å². The molecule has 0 aliphatic carbocycles. The molecule has 0 saturated carbocycles. The lowest BCUT2D eigenvalue weighted by molar-refractivity contribution is -0.142. The molecule has 22 heavy (non-hydrogen) atoms. The highest BCUT2D eigenvalue weighted by atomic mass is 32.2. The second-order valence-corrected chi connectivity index (χ2v) is 7.11. The smallest absolute Gasteiger partial charge is 0.330 e. The van der Waals surface area contributed by atoms with Crippen LogP contribution in [0.4, 0.5) is 0 Å². The minimum Gasteiger partial charge on any atom is -0.497 e. The van der Waals surface area contributed by atoms with Gasteiger partial charge < -0.3 is 15.2 Å². The zero-order valence-corrected chi connectivity index (χ0v) is 13.2. The molecular formula is C14H19NO6S. The molecule has 2 N–H and O–H groups in total. The molecule has 0 radical (unpaired) electrons. The first-order valence-corrected chi connectivity index (χ1v) is 8.63. The molecule has 1 aromatic carbocycles. The topological polar surface area (TPSA) is 110 Å². The van der Waals surface area contributed by atoms with Crippen LogP contribution in [0.3, 0.4) is 0 Å². The number of carbonyl (C=O) groups excluding carboxylic acids is 1. The van der Waals surface area contributed by atoms with Crippen LogP contribution in [0, 0.1) is 0 Å². The Morgan fingerprint density at radius 2 is 1.86 bits per heavy atom. The lowest BCUT2D eigenvalue weighted by Gasteiger charge is -2.15. The number of benzene rings is 1. The summed E-state index contributed by atoms with van der Waals surface area (Å²) in [7, 11) is -1.64. The van der Waals surface area contributed by atoms with Gasteiger partial charge in [0, 0.05) is 12.7 Å². The maximum Gasteiger partial charge on any atom is 0.330 e. The van der Waals surface area contributed by atoms with Gasteiger partial charge in [-0.15, -0.1) is 0 Å². The maximum atomic E-state index is 11.7. The molecule has 7 nitrogen and oxygen atoms in total. The molecule has 0 aliphatic rings. The van der Waals surface area contributed by atoms with Crippen LogP contribution < -0.4 is 10.1 Å². The highest BCUT2D eigenvalue weighted by Gasteiger charge is 2.22. The van der Waals surface area contributed by atoms with E-state index in [4.69, 9.17) is 4.74 Å². The van der Waals surface area contributed by atoms with Crippen LogP contribution in [-0.2, 0) is 19.4 Å². The van der Waals surface area contributed by atoms with Crippen molar-refractivity contribution in [1.82, 2.24) is 5.32 Å². The van der Waals surface area contributed by atoms with E-state index in [0.717, 1.165) is 6.26 Å². The number of nitrogens with one attached hydrogen (secondary N) is 1. The first-order valence-electron chi connectivity index (χ1n) is 6.57. The molecule has 1 rings (SSSR count). The molecule has 1 aromatic rings. The van der Waals surface area contributed by atoms with Crippen molar-refractivity contribution < 1.29 is 27.9 Å². The number of sulfone groups is 1. The molecule has 0 fully saturated rings. The Balaban J connectivity index is 2.67. The van der Waals surface area contributed by atoms with Crippen molar-refractivity contribution in [2.75, 3.05) is 19.1 Å². The zero-order valence-electron chi connectivity index (χ0n) is 12.4. The highest BCUT2D eigenvalue weighted by molar-refractivity contribution is 7.90. The van der Waals surface area contributed by atoms with Crippen LogP contribution in [0.25, 0.3) is 0 Å². The van der Waals surface area contributed by atoms with Gasteiger partial charge in [0.15, 0.2) is 6.04 Å². The lowest BCUT2D eigenvalue weighted by Crippen LogP contribution is -2.33. The fraction of sp³-hybridized carbons (Fsp3) is 0.429. The van der Waals surface area contributed by atoms with Crippen molar-refractivity contribution in [3.63, 3.8) is 0 Å². The summed E-state index contributed by atoms with van der Waals surface area (Å²) >= 11 is 0. The number of carboxylic acid groups (broad SMARTS) is 1. The van der Waals surface area contributed by atoms with Gasteiger partial charge in [-0.3, -0.25) is 4.79 Å². The Hall–Kier alpha value is -2.09. The number of carbonyl (C=O) groups is 2. The SMILES string of the molecule is COc1ccc(C(NC(=O)CCCS(C)(=O)=O)C(=O)O)cc1. The molecule has 1 atom stereocenters. The zero-order chi connectivity index (χ0) is 16.8. The van der Waals surface area contributed by atoms with Gasteiger partial charge >= 0.3 is 5.97 Å². The number of hydrogen-bond donors (Lipinski definition) is 2. The van der Waals surface area contributed by atoms with E-state index in [1.54, 1.807) is 24.3 Å². The fourth-order valence-corrected chi connectivity index (χ4v) is 2.48. The average molecular weight is 329 g/mol. The average Bonchev–Trinajstić information content (AvgIpc) is 2.43. The number of methoxy groups -OCH3 is 1. The number of aliphatic carboxylic acids is 1. The standard InChI is InChI=1S/C14H19NO6S/c1-21-11-7-5-10(6-8-11)13(14(17)18)15-12(16)4-3-9-22(2,19)20/h5-8,13H,3-4,9H2,1-2H3,(H,15,16)(H,17,18). The Kier molecular flexibility index (Phi) is 6.36. The van der Waals surface area contributed by atoms with Gasteiger partial charge in [0.1, 0.15) is 15.6 Å². The molecule has 1 unspecified atom stereocenters. The van der Waals surface area contributed by atoms with Gasteiger partial charge in [-0.1, -0.05) is 12.1 Å². The summed E-state index contributed by atoms with van der Waals surface area (Å²) in [5, 5.41) is 11.6. The van der Waals surface area contributed by atoms with Gasteiger partial charge in [-0.2, -0.15) is 0 Å². The van der Waals surface area contributed by atoms with Crippen LogP contribution in [0.5, 0.6) is 5.75 Å². The van der Waals surface area contributed by atoms with Crippen molar-refractivity contribution in [2.45, 2.75) is 18.9 Å². The van der Waals surface area contributed by atoms with E-state index < -0.39 is 27.8 Å². The Labute approximate surface area is 129 Å². The van der Waals surface area contributed by atoms with E-state index in [0.29, 0.717) is 11.3 Å². The van der Waals surface area contributed by atoms with E-state index >= 15 is 0 Å². The molecule has 122 valence electrons. The summed E-state index contributed by atoms with van der Waals surface area (Å²) < 4.78 is 27.0. The third-order valence-corrected chi connectivity index (χ3v) is 3.95. The number of carboxylic acids is 1. The van der Waals surface area contributed by atoms with Crippen molar-refractivity contribution >= 4 is 21.7 Å². The van der Waals surface area contributed by atoms with Crippen LogP contribution in [0.2, 0.25) is 0 Å². The monoisotopic (exact) mass is 329 g/mol. The molecule has 0 heterocycles. The summed E-state index contributed by atoms with van der Waals surface area (Å²) in [6.07, 6.45) is 1.19. The Morgan fingerprint density at radius 1 is 1.27 bits per heavy atom. The summed E-state index contributed by atoms with van der Waals surface area (Å²) in [6, 6.07) is 5.11. The molecule has 0 aromatic heterocycles. The Morgan fingerprint density at radius 3 is 2.32 bits per heavy atom. The number of hydrogen-bond acceptors (Lipinski definition) is 5. The van der Waals surface area contributed by atoms with Gasteiger partial charge in [-0.25, -0.2) is 13.2 Å². The largest absolute Gasteiger partial charge is 0.497 e. The van der Waals surface area contributed by atoms with Gasteiger partial charge in [0.2, 0.25) is 5.91 Å². The molecule has 8 heteroatoms. The summed E-state index contributed by atoms with van der Waals surface area (Å²) in [6.45, 7) is 0. The lowest BCUT2D eigenvalue weighted by atomic mass is 10.1. The minimum absolute atomic E-state index is 0.0486. The summed E-state index contributed by atoms with van der Waals surface area (Å²) in [5.41, 5.74) is 0.407. The molecule has 1 amide bonds. The van der Waals surface area contributed by atoms with E-state index in [1.807, 2.05) is 0 Å². The number of ether oxygens (including phenoxy) is 1. The van der Waals surface area contributed by atoms with Crippen LogP contribution in [0.1, 0.15) is 24.4 Å². The first kappa shape index (κ1) is 18.0. The third kappa shape index (κ3) is 6.13. The van der Waals surface area contributed by atoms with Gasteiger partial charge in [0.25, 0.3) is 0 Å². The predicted octanol–water partition coefficient (Wildman–Crippen LogP) is 0.762. The van der Waals surface area contributed by atoms with Crippen LogP contribution >= 0.6 is 0 Å². The third-order valence-electron chi connectivity index (χ3n) is 2.92. The number of amides is 1. The predicted molar refractivity (Wildman–Crippen MR) is 80.5 cm³/mol. The normalized spacial score (nSPS) is 12.5. The summed E-state index contributed by atoms with van der Waals surface area (Å²) in [4.78, 5) is 23.0. The van der Waals surface area contributed by atoms with Crippen LogP contribution in [-0.4, -0.2) is 44.5 Å². The van der Waals surface area contributed by atoms with Crippen molar-refractivity contribution in [1.29, 1.82) is 0 Å². The molecule has 0 saturated heterocycles. The maximum absolute atomic E-state index is 11.7. The van der Waals surface area contributed by atoms with Gasteiger partial charge in [0.05, 0.1) is 12.9 Å².